The number of nitrogens with zero attached hydrogens (tertiary/aromatic N) is 6. The molecule has 1 atom stereocenters. The summed E-state index contributed by atoms with van der Waals surface area (Å²) in [6, 6.07) is 6.06. The number of rotatable bonds is 6. The molecule has 178 valence electrons. The van der Waals surface area contributed by atoms with E-state index in [1.807, 2.05) is 23.9 Å². The molecule has 0 radical (unpaired) electrons. The fourth-order valence-corrected chi connectivity index (χ4v) is 4.74. The molecule has 0 aliphatic heterocycles. The third-order valence-corrected chi connectivity index (χ3v) is 7.18. The highest BCUT2D eigenvalue weighted by atomic mass is 16.5. The van der Waals surface area contributed by atoms with Gasteiger partial charge in [-0.25, -0.2) is 4.79 Å². The average Bonchev–Trinajstić information content (AvgIpc) is 3.55. The van der Waals surface area contributed by atoms with E-state index < -0.39 is 0 Å². The monoisotopic (exact) mass is 460 g/mol. The second-order valence-electron chi connectivity index (χ2n) is 10.1. The molecule has 8 heteroatoms. The second kappa shape index (κ2) is 8.20. The van der Waals surface area contributed by atoms with Crippen LogP contribution in [0.15, 0.2) is 41.2 Å². The van der Waals surface area contributed by atoms with Gasteiger partial charge in [0.2, 0.25) is 0 Å². The number of tetrazole rings is 1. The molecule has 0 N–H and O–H groups in total. The van der Waals surface area contributed by atoms with Crippen molar-refractivity contribution < 1.29 is 4.74 Å². The first kappa shape index (κ1) is 22.5. The summed E-state index contributed by atoms with van der Waals surface area (Å²) in [6.45, 7) is 8.98. The van der Waals surface area contributed by atoms with Gasteiger partial charge in [-0.3, -0.25) is 4.68 Å². The molecule has 34 heavy (non-hydrogen) atoms. The molecule has 1 unspecified atom stereocenters. The van der Waals surface area contributed by atoms with E-state index in [0.29, 0.717) is 12.5 Å². The van der Waals surface area contributed by atoms with E-state index in [1.54, 1.807) is 7.05 Å². The normalized spacial score (nSPS) is 19.5. The van der Waals surface area contributed by atoms with Gasteiger partial charge in [0.15, 0.2) is 0 Å². The van der Waals surface area contributed by atoms with Crippen molar-refractivity contribution in [3.05, 3.63) is 75.0 Å². The highest BCUT2D eigenvalue weighted by Crippen LogP contribution is 2.43. The van der Waals surface area contributed by atoms with Crippen molar-refractivity contribution in [2.24, 2.45) is 19.5 Å². The van der Waals surface area contributed by atoms with Gasteiger partial charge in [-0.05, 0) is 65.8 Å². The third-order valence-electron chi connectivity index (χ3n) is 7.18. The van der Waals surface area contributed by atoms with Gasteiger partial charge in [-0.1, -0.05) is 44.2 Å². The lowest BCUT2D eigenvalue weighted by Crippen LogP contribution is -2.31. The molecule has 5 rings (SSSR count). The van der Waals surface area contributed by atoms with E-state index in [2.05, 4.69) is 62.4 Å². The third kappa shape index (κ3) is 3.86. The summed E-state index contributed by atoms with van der Waals surface area (Å²) < 4.78 is 11.1. The molecular weight excluding hydrogens is 428 g/mol. The number of benzene rings is 1. The highest BCUT2D eigenvalue weighted by molar-refractivity contribution is 5.76. The second-order valence-corrected chi connectivity index (χ2v) is 10.1. The quantitative estimate of drug-likeness (QED) is 0.560. The van der Waals surface area contributed by atoms with Crippen LogP contribution in [0.2, 0.25) is 0 Å². The summed E-state index contributed by atoms with van der Waals surface area (Å²) in [5.74, 6) is 0.516. The SMILES string of the molecule is Cc1c(C2=CC(C)(C)C(OCc3c(C4CC4)cccc3-n3nnn(C)c3=O)C=C2)nn(C)c1C. The molecule has 2 aromatic heterocycles. The minimum Gasteiger partial charge on any atom is -0.368 e. The first-order chi connectivity index (χ1) is 16.2. The van der Waals surface area contributed by atoms with E-state index in [0.717, 1.165) is 35.4 Å². The fourth-order valence-electron chi connectivity index (χ4n) is 4.74. The minimum absolute atomic E-state index is 0.111. The Morgan fingerprint density at radius 2 is 1.88 bits per heavy atom. The van der Waals surface area contributed by atoms with Gasteiger partial charge < -0.3 is 4.74 Å². The van der Waals surface area contributed by atoms with Gasteiger partial charge in [-0.2, -0.15) is 14.5 Å². The van der Waals surface area contributed by atoms with Crippen LogP contribution in [0.5, 0.6) is 0 Å². The maximum atomic E-state index is 12.6. The maximum Gasteiger partial charge on any atom is 0.368 e. The molecule has 2 heterocycles. The molecule has 2 aliphatic rings. The number of aryl methyl sites for hydroxylation is 2. The fraction of sp³-hybridized carbons (Fsp3) is 0.462. The molecular formula is C26H32N6O2. The van der Waals surface area contributed by atoms with Crippen molar-refractivity contribution in [3.8, 4) is 5.69 Å². The van der Waals surface area contributed by atoms with Crippen LogP contribution in [0, 0.1) is 19.3 Å². The van der Waals surface area contributed by atoms with Gasteiger partial charge in [0.05, 0.1) is 24.1 Å². The lowest BCUT2D eigenvalue weighted by molar-refractivity contribution is 0.0149. The predicted octanol–water partition coefficient (Wildman–Crippen LogP) is 3.76. The van der Waals surface area contributed by atoms with Crippen molar-refractivity contribution >= 4 is 5.57 Å². The van der Waals surface area contributed by atoms with Crippen molar-refractivity contribution in [2.75, 3.05) is 0 Å². The Morgan fingerprint density at radius 3 is 2.47 bits per heavy atom. The van der Waals surface area contributed by atoms with Crippen molar-refractivity contribution in [3.63, 3.8) is 0 Å². The number of allylic oxidation sites excluding steroid dienone is 2. The van der Waals surface area contributed by atoms with Gasteiger partial charge in [-0.15, -0.1) is 0 Å². The molecule has 1 saturated carbocycles. The number of hydrogen-bond donors (Lipinski definition) is 0. The van der Waals surface area contributed by atoms with Crippen LogP contribution in [0.4, 0.5) is 0 Å². The van der Waals surface area contributed by atoms with Crippen molar-refractivity contribution in [1.82, 2.24) is 29.6 Å². The smallest absolute Gasteiger partial charge is 0.368 e. The Hall–Kier alpha value is -3.26. The van der Waals surface area contributed by atoms with E-state index in [4.69, 9.17) is 9.84 Å². The van der Waals surface area contributed by atoms with Gasteiger partial charge in [0, 0.05) is 30.8 Å². The van der Waals surface area contributed by atoms with Crippen molar-refractivity contribution in [1.29, 1.82) is 0 Å². The Balaban J connectivity index is 1.43. The Bertz CT molecular complexity index is 1370. The van der Waals surface area contributed by atoms with Crippen LogP contribution in [-0.4, -0.2) is 35.7 Å². The van der Waals surface area contributed by atoms with Crippen LogP contribution >= 0.6 is 0 Å². The summed E-state index contributed by atoms with van der Waals surface area (Å²) in [6.07, 6.45) is 8.72. The summed E-state index contributed by atoms with van der Waals surface area (Å²) >= 11 is 0. The molecule has 0 bridgehead atoms. The van der Waals surface area contributed by atoms with E-state index >= 15 is 0 Å². The van der Waals surface area contributed by atoms with Gasteiger partial charge in [0.25, 0.3) is 0 Å². The predicted molar refractivity (Wildman–Crippen MR) is 131 cm³/mol. The summed E-state index contributed by atoms with van der Waals surface area (Å²) in [5, 5.41) is 12.7. The van der Waals surface area contributed by atoms with E-state index in [-0.39, 0.29) is 17.2 Å². The molecule has 8 nitrogen and oxygen atoms in total. The summed E-state index contributed by atoms with van der Waals surface area (Å²) in [7, 11) is 3.59. The zero-order chi connectivity index (χ0) is 24.2. The Kier molecular flexibility index (Phi) is 5.43. The van der Waals surface area contributed by atoms with Crippen LogP contribution in [0.1, 0.15) is 60.7 Å². The van der Waals surface area contributed by atoms with Crippen molar-refractivity contribution in [2.45, 2.75) is 59.2 Å². The largest absolute Gasteiger partial charge is 0.368 e. The Labute approximate surface area is 199 Å². The lowest BCUT2D eigenvalue weighted by atomic mass is 9.79. The molecule has 2 aliphatic carbocycles. The maximum absolute atomic E-state index is 12.6. The molecule has 0 saturated heterocycles. The molecule has 3 aromatic rings. The van der Waals surface area contributed by atoms with Gasteiger partial charge >= 0.3 is 5.69 Å². The number of aromatic nitrogens is 6. The highest BCUT2D eigenvalue weighted by Gasteiger charge is 2.33. The Morgan fingerprint density at radius 1 is 1.12 bits per heavy atom. The molecule has 0 amide bonds. The zero-order valence-electron chi connectivity index (χ0n) is 20.7. The topological polar surface area (TPSA) is 79.8 Å². The lowest BCUT2D eigenvalue weighted by Gasteiger charge is -2.33. The number of ether oxygens (including phenoxy) is 1. The van der Waals surface area contributed by atoms with E-state index in [9.17, 15) is 4.79 Å². The standard InChI is InChI=1S/C26H32N6O2/c1-16-17(2)30(5)27-24(16)19-12-13-23(26(3,4)14-19)34-15-21-20(18-10-11-18)8-7-9-22(21)32-25(33)31(6)28-29-32/h7-9,12-14,18,23H,10-11,15H2,1-6H3. The molecule has 1 aromatic carbocycles. The zero-order valence-corrected chi connectivity index (χ0v) is 20.7. The summed E-state index contributed by atoms with van der Waals surface area (Å²) in [4.78, 5) is 12.6. The van der Waals surface area contributed by atoms with E-state index in [1.165, 1.54) is 26.2 Å². The van der Waals surface area contributed by atoms with Gasteiger partial charge in [0.1, 0.15) is 0 Å². The molecule has 1 fully saturated rings. The number of hydrogen-bond acceptors (Lipinski definition) is 5. The molecule has 0 spiro atoms. The first-order valence-electron chi connectivity index (χ1n) is 11.8. The van der Waals surface area contributed by atoms with Crippen LogP contribution < -0.4 is 5.69 Å². The average molecular weight is 461 g/mol. The minimum atomic E-state index is -0.263. The van der Waals surface area contributed by atoms with Crippen LogP contribution in [0.25, 0.3) is 11.3 Å². The first-order valence-corrected chi connectivity index (χ1v) is 11.8. The summed E-state index contributed by atoms with van der Waals surface area (Å²) in [5.41, 5.74) is 7.03. The van der Waals surface area contributed by atoms with Crippen LogP contribution in [-0.2, 0) is 25.4 Å². The van der Waals surface area contributed by atoms with Crippen LogP contribution in [0.3, 0.4) is 0 Å².